The zero-order valence-corrected chi connectivity index (χ0v) is 17.4. The molecule has 0 radical (unpaired) electrons. The number of rotatable bonds is 4. The molecule has 0 aliphatic carbocycles. The Balaban J connectivity index is 2.04. The van der Waals surface area contributed by atoms with E-state index < -0.39 is 29.2 Å². The van der Waals surface area contributed by atoms with Crippen LogP contribution < -0.4 is 11.1 Å². The standard InChI is InChI=1S/C24H22N2O5/c1-13(2)30-22(28)19-21(25)31-14(3)18(20(27)15-9-5-4-6-10-15)24(19)16-11-7-8-12-17(16)26-23(24)29/h4-13H,25H2,1-3H3,(H,26,29)/t24-/m0/s1. The third-order valence-corrected chi connectivity index (χ3v) is 5.34. The largest absolute Gasteiger partial charge is 0.459 e. The summed E-state index contributed by atoms with van der Waals surface area (Å²) < 4.78 is 11.1. The van der Waals surface area contributed by atoms with Crippen molar-refractivity contribution >= 4 is 23.3 Å². The molecule has 2 aromatic rings. The first-order valence-electron chi connectivity index (χ1n) is 9.89. The van der Waals surface area contributed by atoms with Gasteiger partial charge in [0.25, 0.3) is 0 Å². The Labute approximate surface area is 179 Å². The fraction of sp³-hybridized carbons (Fsp3) is 0.208. The molecule has 0 aromatic heterocycles. The number of nitrogens with two attached hydrogens (primary N) is 1. The van der Waals surface area contributed by atoms with Gasteiger partial charge in [-0.2, -0.15) is 0 Å². The van der Waals surface area contributed by atoms with E-state index in [9.17, 15) is 14.4 Å². The molecule has 1 spiro atoms. The Morgan fingerprint density at radius 1 is 1.03 bits per heavy atom. The molecule has 3 N–H and O–H groups in total. The van der Waals surface area contributed by atoms with Crippen molar-refractivity contribution in [2.75, 3.05) is 5.32 Å². The summed E-state index contributed by atoms with van der Waals surface area (Å²) >= 11 is 0. The number of amides is 1. The van der Waals surface area contributed by atoms with Gasteiger partial charge in [0.15, 0.2) is 5.78 Å². The smallest absolute Gasteiger partial charge is 0.341 e. The van der Waals surface area contributed by atoms with Gasteiger partial charge < -0.3 is 20.5 Å². The lowest BCUT2D eigenvalue weighted by atomic mass is 9.66. The van der Waals surface area contributed by atoms with Crippen LogP contribution in [0.3, 0.4) is 0 Å². The second-order valence-electron chi connectivity index (χ2n) is 7.67. The Bertz CT molecular complexity index is 1160. The number of anilines is 1. The summed E-state index contributed by atoms with van der Waals surface area (Å²) in [7, 11) is 0. The number of ether oxygens (including phenoxy) is 2. The van der Waals surface area contributed by atoms with E-state index in [2.05, 4.69) is 5.32 Å². The van der Waals surface area contributed by atoms with Crippen molar-refractivity contribution < 1.29 is 23.9 Å². The van der Waals surface area contributed by atoms with Gasteiger partial charge in [-0.25, -0.2) is 4.79 Å². The third-order valence-electron chi connectivity index (χ3n) is 5.34. The molecular weight excluding hydrogens is 396 g/mol. The average molecular weight is 418 g/mol. The van der Waals surface area contributed by atoms with Gasteiger partial charge in [0.2, 0.25) is 11.8 Å². The number of carbonyl (C=O) groups is 3. The van der Waals surface area contributed by atoms with Gasteiger partial charge in [-0.05, 0) is 26.8 Å². The first-order valence-corrected chi connectivity index (χ1v) is 9.89. The van der Waals surface area contributed by atoms with Crippen LogP contribution in [0.5, 0.6) is 0 Å². The minimum atomic E-state index is -1.79. The molecule has 4 rings (SSSR count). The van der Waals surface area contributed by atoms with Crippen LogP contribution in [-0.2, 0) is 24.5 Å². The summed E-state index contributed by atoms with van der Waals surface area (Å²) in [6.45, 7) is 4.93. The maximum atomic E-state index is 13.7. The van der Waals surface area contributed by atoms with Crippen molar-refractivity contribution in [1.82, 2.24) is 0 Å². The molecule has 1 atom stereocenters. The second kappa shape index (κ2) is 7.43. The van der Waals surface area contributed by atoms with Crippen LogP contribution in [0.15, 0.2) is 77.4 Å². The maximum absolute atomic E-state index is 13.7. The van der Waals surface area contributed by atoms with Gasteiger partial charge in [-0.1, -0.05) is 48.5 Å². The highest BCUT2D eigenvalue weighted by molar-refractivity contribution is 6.25. The first-order chi connectivity index (χ1) is 14.8. The van der Waals surface area contributed by atoms with Crippen molar-refractivity contribution in [2.45, 2.75) is 32.3 Å². The Morgan fingerprint density at radius 3 is 2.35 bits per heavy atom. The fourth-order valence-electron chi connectivity index (χ4n) is 4.19. The fourth-order valence-corrected chi connectivity index (χ4v) is 4.19. The summed E-state index contributed by atoms with van der Waals surface area (Å²) in [5.74, 6) is -1.93. The minimum absolute atomic E-state index is 0.0334. The summed E-state index contributed by atoms with van der Waals surface area (Å²) in [5, 5.41) is 2.80. The van der Waals surface area contributed by atoms with Crippen LogP contribution in [0.25, 0.3) is 0 Å². The second-order valence-corrected chi connectivity index (χ2v) is 7.67. The summed E-state index contributed by atoms with van der Waals surface area (Å²) in [4.78, 5) is 40.5. The van der Waals surface area contributed by atoms with Gasteiger partial charge in [0.05, 0.1) is 11.7 Å². The van der Waals surface area contributed by atoms with Crippen LogP contribution in [-0.4, -0.2) is 23.8 Å². The normalized spacial score (nSPS) is 19.9. The van der Waals surface area contributed by atoms with E-state index in [-0.39, 0.29) is 22.8 Å². The van der Waals surface area contributed by atoms with Gasteiger partial charge in [-0.15, -0.1) is 0 Å². The number of nitrogens with one attached hydrogen (secondary N) is 1. The molecule has 0 fully saturated rings. The summed E-state index contributed by atoms with van der Waals surface area (Å²) in [6, 6.07) is 15.4. The van der Waals surface area contributed by atoms with Gasteiger partial charge in [-0.3, -0.25) is 9.59 Å². The van der Waals surface area contributed by atoms with E-state index in [0.29, 0.717) is 16.8 Å². The topological polar surface area (TPSA) is 108 Å². The van der Waals surface area contributed by atoms with Gasteiger partial charge >= 0.3 is 5.97 Å². The van der Waals surface area contributed by atoms with E-state index in [1.54, 1.807) is 75.4 Å². The highest BCUT2D eigenvalue weighted by Gasteiger charge is 2.61. The van der Waals surface area contributed by atoms with Gasteiger partial charge in [0.1, 0.15) is 16.7 Å². The predicted molar refractivity (Wildman–Crippen MR) is 114 cm³/mol. The highest BCUT2D eigenvalue weighted by Crippen LogP contribution is 2.52. The molecule has 7 nitrogen and oxygen atoms in total. The minimum Gasteiger partial charge on any atom is -0.459 e. The molecule has 2 aliphatic heterocycles. The Morgan fingerprint density at radius 2 is 1.68 bits per heavy atom. The van der Waals surface area contributed by atoms with Crippen molar-refractivity contribution in [3.63, 3.8) is 0 Å². The Hall–Kier alpha value is -3.87. The molecule has 1 amide bonds. The zero-order valence-electron chi connectivity index (χ0n) is 17.4. The predicted octanol–water partition coefficient (Wildman–Crippen LogP) is 3.19. The number of carbonyl (C=O) groups excluding carboxylic acids is 3. The van der Waals surface area contributed by atoms with E-state index in [4.69, 9.17) is 15.2 Å². The van der Waals surface area contributed by atoms with Crippen molar-refractivity contribution in [1.29, 1.82) is 0 Å². The van der Waals surface area contributed by atoms with Gasteiger partial charge in [0, 0.05) is 16.8 Å². The van der Waals surface area contributed by atoms with Crippen LogP contribution in [0.4, 0.5) is 5.69 Å². The van der Waals surface area contributed by atoms with E-state index in [1.807, 2.05) is 0 Å². The molecule has 0 unspecified atom stereocenters. The highest BCUT2D eigenvalue weighted by atomic mass is 16.5. The van der Waals surface area contributed by atoms with E-state index in [0.717, 1.165) is 0 Å². The number of esters is 1. The summed E-state index contributed by atoms with van der Waals surface area (Å²) in [5.41, 5.74) is 5.48. The quantitative estimate of drug-likeness (QED) is 0.583. The molecule has 7 heteroatoms. The lowest BCUT2D eigenvalue weighted by Gasteiger charge is -2.36. The molecule has 158 valence electrons. The van der Waals surface area contributed by atoms with Crippen LogP contribution >= 0.6 is 0 Å². The zero-order chi connectivity index (χ0) is 22.3. The van der Waals surface area contributed by atoms with E-state index >= 15 is 0 Å². The maximum Gasteiger partial charge on any atom is 0.341 e. The number of benzene rings is 2. The third kappa shape index (κ3) is 3.01. The number of hydrogen-bond donors (Lipinski definition) is 2. The number of allylic oxidation sites excluding steroid dienone is 1. The van der Waals surface area contributed by atoms with Crippen molar-refractivity contribution in [3.8, 4) is 0 Å². The molecular formula is C24H22N2O5. The van der Waals surface area contributed by atoms with E-state index in [1.165, 1.54) is 0 Å². The lowest BCUT2D eigenvalue weighted by Crippen LogP contribution is -2.48. The van der Waals surface area contributed by atoms with Crippen molar-refractivity contribution in [2.24, 2.45) is 5.73 Å². The SMILES string of the molecule is CC1=C(C(=O)c2ccccc2)[C@]2(C(=O)Nc3ccccc32)C(C(=O)OC(C)C)=C(N)O1. The van der Waals surface area contributed by atoms with Crippen LogP contribution in [0.1, 0.15) is 36.7 Å². The molecule has 2 heterocycles. The number of fused-ring (bicyclic) bond motifs is 2. The van der Waals surface area contributed by atoms with Crippen molar-refractivity contribution in [3.05, 3.63) is 88.5 Å². The molecule has 31 heavy (non-hydrogen) atoms. The number of Topliss-reactive ketones (excluding diaryl/α,β-unsaturated/α-hetero) is 1. The molecule has 2 aliphatic rings. The number of ketones is 1. The summed E-state index contributed by atoms with van der Waals surface area (Å²) in [6.07, 6.45) is -0.468. The monoisotopic (exact) mass is 418 g/mol. The Kier molecular flexibility index (Phi) is 4.89. The molecule has 0 bridgehead atoms. The van der Waals surface area contributed by atoms with Crippen LogP contribution in [0.2, 0.25) is 0 Å². The molecule has 0 saturated carbocycles. The molecule has 0 saturated heterocycles. The van der Waals surface area contributed by atoms with Crippen LogP contribution in [0, 0.1) is 0 Å². The number of para-hydroxylation sites is 1. The number of hydrogen-bond acceptors (Lipinski definition) is 6. The average Bonchev–Trinajstić information content (AvgIpc) is 3.00. The lowest BCUT2D eigenvalue weighted by molar-refractivity contribution is -0.144. The first kappa shape index (κ1) is 20.4. The molecule has 2 aromatic carbocycles.